The zero-order chi connectivity index (χ0) is 13.8. The van der Waals surface area contributed by atoms with Crippen molar-refractivity contribution in [2.75, 3.05) is 17.7 Å². The third-order valence-corrected chi connectivity index (χ3v) is 2.56. The molecule has 4 nitrogen and oxygen atoms in total. The van der Waals surface area contributed by atoms with Crippen LogP contribution in [0.1, 0.15) is 12.5 Å². The lowest BCUT2D eigenvalue weighted by molar-refractivity contribution is 0.329. The Morgan fingerprint density at radius 3 is 2.79 bits per heavy atom. The van der Waals surface area contributed by atoms with Crippen LogP contribution in [0.5, 0.6) is 5.88 Å². The van der Waals surface area contributed by atoms with E-state index in [1.54, 1.807) is 18.2 Å². The average molecular weight is 261 g/mol. The number of nitrogens with two attached hydrogens (primary N) is 1. The highest BCUT2D eigenvalue weighted by atomic mass is 19.1. The summed E-state index contributed by atoms with van der Waals surface area (Å²) in [5.41, 5.74) is 7.41. The third-order valence-electron chi connectivity index (χ3n) is 2.56. The Labute approximate surface area is 111 Å². The molecular formula is C14H16FN3O. The van der Waals surface area contributed by atoms with Gasteiger partial charge in [0.25, 0.3) is 0 Å². The number of nitrogen functional groups attached to an aromatic ring is 1. The lowest BCUT2D eigenvalue weighted by atomic mass is 10.2. The Morgan fingerprint density at radius 1 is 1.32 bits per heavy atom. The second-order valence-corrected chi connectivity index (χ2v) is 4.13. The summed E-state index contributed by atoms with van der Waals surface area (Å²) in [6.07, 6.45) is 0. The Morgan fingerprint density at radius 2 is 2.11 bits per heavy atom. The molecule has 0 bridgehead atoms. The van der Waals surface area contributed by atoms with E-state index in [2.05, 4.69) is 10.3 Å². The van der Waals surface area contributed by atoms with Gasteiger partial charge in [-0.1, -0.05) is 6.07 Å². The summed E-state index contributed by atoms with van der Waals surface area (Å²) >= 11 is 0. The largest absolute Gasteiger partial charge is 0.476 e. The smallest absolute Gasteiger partial charge is 0.239 e. The number of nitrogens with one attached hydrogen (secondary N) is 1. The van der Waals surface area contributed by atoms with E-state index in [1.807, 2.05) is 19.9 Å². The molecule has 0 saturated heterocycles. The Kier molecular flexibility index (Phi) is 3.85. The van der Waals surface area contributed by atoms with Crippen LogP contribution in [0.3, 0.4) is 0 Å². The van der Waals surface area contributed by atoms with Gasteiger partial charge in [-0.25, -0.2) is 4.39 Å². The highest BCUT2D eigenvalue weighted by Crippen LogP contribution is 2.24. The van der Waals surface area contributed by atoms with Gasteiger partial charge in [-0.2, -0.15) is 4.98 Å². The standard InChI is InChI=1S/C14H16FN3O/c1-3-19-14-11(16)5-7-13(18-14)17-12-6-4-9(2)8-10(12)15/h4-8H,3,16H2,1-2H3,(H,17,18). The van der Waals surface area contributed by atoms with E-state index < -0.39 is 0 Å². The zero-order valence-corrected chi connectivity index (χ0v) is 10.9. The molecule has 19 heavy (non-hydrogen) atoms. The molecule has 0 fully saturated rings. The predicted octanol–water partition coefficient (Wildman–Crippen LogP) is 3.25. The van der Waals surface area contributed by atoms with E-state index in [1.165, 1.54) is 6.07 Å². The van der Waals surface area contributed by atoms with Crippen LogP contribution < -0.4 is 15.8 Å². The van der Waals surface area contributed by atoms with Crippen LogP contribution in [0.15, 0.2) is 30.3 Å². The van der Waals surface area contributed by atoms with Gasteiger partial charge in [0, 0.05) is 0 Å². The van der Waals surface area contributed by atoms with Crippen LogP contribution >= 0.6 is 0 Å². The minimum absolute atomic E-state index is 0.323. The highest BCUT2D eigenvalue weighted by molar-refractivity contribution is 5.61. The molecule has 0 aliphatic heterocycles. The van der Waals surface area contributed by atoms with Gasteiger partial charge in [-0.3, -0.25) is 0 Å². The van der Waals surface area contributed by atoms with Gasteiger partial charge in [0.05, 0.1) is 18.0 Å². The fourth-order valence-corrected chi connectivity index (χ4v) is 1.63. The summed E-state index contributed by atoms with van der Waals surface area (Å²) in [5.74, 6) is 0.511. The minimum Gasteiger partial charge on any atom is -0.476 e. The maximum absolute atomic E-state index is 13.7. The molecule has 0 aliphatic carbocycles. The van der Waals surface area contributed by atoms with E-state index in [4.69, 9.17) is 10.5 Å². The van der Waals surface area contributed by atoms with Gasteiger partial charge in [0.1, 0.15) is 11.6 Å². The lowest BCUT2D eigenvalue weighted by Gasteiger charge is -2.10. The van der Waals surface area contributed by atoms with Crippen LogP contribution in [-0.4, -0.2) is 11.6 Å². The van der Waals surface area contributed by atoms with Crippen LogP contribution in [0, 0.1) is 12.7 Å². The molecule has 0 radical (unpaired) electrons. The highest BCUT2D eigenvalue weighted by Gasteiger charge is 2.06. The molecule has 100 valence electrons. The molecule has 0 atom stereocenters. The topological polar surface area (TPSA) is 60.2 Å². The van der Waals surface area contributed by atoms with Crippen molar-refractivity contribution < 1.29 is 9.13 Å². The molecule has 3 N–H and O–H groups in total. The summed E-state index contributed by atoms with van der Waals surface area (Å²) in [5, 5.41) is 2.90. The monoisotopic (exact) mass is 261 g/mol. The molecule has 0 unspecified atom stereocenters. The number of aromatic nitrogens is 1. The summed E-state index contributed by atoms with van der Waals surface area (Å²) in [6, 6.07) is 8.31. The second-order valence-electron chi connectivity index (χ2n) is 4.13. The van der Waals surface area contributed by atoms with E-state index in [0.717, 1.165) is 5.56 Å². The lowest BCUT2D eigenvalue weighted by Crippen LogP contribution is -2.02. The van der Waals surface area contributed by atoms with Crippen molar-refractivity contribution in [1.29, 1.82) is 0 Å². The first-order chi connectivity index (χ1) is 9.10. The van der Waals surface area contributed by atoms with Gasteiger partial charge in [0.2, 0.25) is 5.88 Å². The number of ether oxygens (including phenoxy) is 1. The molecule has 0 aliphatic rings. The number of halogens is 1. The molecular weight excluding hydrogens is 245 g/mol. The van der Waals surface area contributed by atoms with Gasteiger partial charge >= 0.3 is 0 Å². The molecule has 2 aromatic rings. The molecule has 2 rings (SSSR count). The third kappa shape index (κ3) is 3.13. The van der Waals surface area contributed by atoms with Crippen molar-refractivity contribution >= 4 is 17.2 Å². The van der Waals surface area contributed by atoms with Crippen molar-refractivity contribution in [2.45, 2.75) is 13.8 Å². The van der Waals surface area contributed by atoms with Gasteiger partial charge in [-0.05, 0) is 43.7 Å². The van der Waals surface area contributed by atoms with Crippen molar-refractivity contribution in [3.05, 3.63) is 41.7 Å². The molecule has 1 aromatic carbocycles. The number of benzene rings is 1. The Hall–Kier alpha value is -2.30. The number of hydrogen-bond donors (Lipinski definition) is 2. The van der Waals surface area contributed by atoms with Crippen LogP contribution in [0.4, 0.5) is 21.6 Å². The summed E-state index contributed by atoms with van der Waals surface area (Å²) in [7, 11) is 0. The zero-order valence-electron chi connectivity index (χ0n) is 10.9. The first-order valence-electron chi connectivity index (χ1n) is 6.02. The number of anilines is 3. The first kappa shape index (κ1) is 13.1. The van der Waals surface area contributed by atoms with Crippen molar-refractivity contribution in [2.24, 2.45) is 0 Å². The van der Waals surface area contributed by atoms with Crippen molar-refractivity contribution in [3.8, 4) is 5.88 Å². The molecule has 5 heteroatoms. The van der Waals surface area contributed by atoms with Gasteiger partial charge in [-0.15, -0.1) is 0 Å². The number of hydrogen-bond acceptors (Lipinski definition) is 4. The first-order valence-corrected chi connectivity index (χ1v) is 6.02. The molecule has 0 spiro atoms. The second kappa shape index (κ2) is 5.56. The molecule has 1 heterocycles. The fraction of sp³-hybridized carbons (Fsp3) is 0.214. The van der Waals surface area contributed by atoms with Crippen LogP contribution in [0.2, 0.25) is 0 Å². The Bertz CT molecular complexity index is 587. The molecule has 0 amide bonds. The predicted molar refractivity (Wildman–Crippen MR) is 74.2 cm³/mol. The Balaban J connectivity index is 2.25. The van der Waals surface area contributed by atoms with E-state index in [0.29, 0.717) is 29.7 Å². The van der Waals surface area contributed by atoms with Gasteiger partial charge in [0.15, 0.2) is 0 Å². The number of aryl methyl sites for hydroxylation is 1. The summed E-state index contributed by atoms with van der Waals surface area (Å²) in [6.45, 7) is 4.15. The minimum atomic E-state index is -0.323. The van der Waals surface area contributed by atoms with Crippen molar-refractivity contribution in [3.63, 3.8) is 0 Å². The SMILES string of the molecule is CCOc1nc(Nc2ccc(C)cc2F)ccc1N. The molecule has 0 saturated carbocycles. The quantitative estimate of drug-likeness (QED) is 0.886. The fourth-order valence-electron chi connectivity index (χ4n) is 1.63. The number of nitrogens with zero attached hydrogens (tertiary/aromatic N) is 1. The van der Waals surface area contributed by atoms with Crippen LogP contribution in [0.25, 0.3) is 0 Å². The van der Waals surface area contributed by atoms with E-state index in [-0.39, 0.29) is 5.82 Å². The maximum atomic E-state index is 13.7. The number of pyridine rings is 1. The van der Waals surface area contributed by atoms with Gasteiger partial charge < -0.3 is 15.8 Å². The van der Waals surface area contributed by atoms with Crippen molar-refractivity contribution in [1.82, 2.24) is 4.98 Å². The molecule has 1 aromatic heterocycles. The number of rotatable bonds is 4. The van der Waals surface area contributed by atoms with E-state index >= 15 is 0 Å². The summed E-state index contributed by atoms with van der Waals surface area (Å²) < 4.78 is 19.0. The average Bonchev–Trinajstić information content (AvgIpc) is 2.37. The maximum Gasteiger partial charge on any atom is 0.239 e. The summed E-state index contributed by atoms with van der Waals surface area (Å²) in [4.78, 5) is 4.20. The van der Waals surface area contributed by atoms with Crippen LogP contribution in [-0.2, 0) is 0 Å². The normalized spacial score (nSPS) is 10.3. The van der Waals surface area contributed by atoms with E-state index in [9.17, 15) is 4.39 Å².